The molecule has 1 amide bonds. The zero-order valence-corrected chi connectivity index (χ0v) is 12.2. The molecule has 2 atom stereocenters. The Bertz CT molecular complexity index is 725. The van der Waals surface area contributed by atoms with Crippen molar-refractivity contribution in [3.63, 3.8) is 0 Å². The monoisotopic (exact) mass is 300 g/mol. The van der Waals surface area contributed by atoms with Gasteiger partial charge in [-0.3, -0.25) is 4.79 Å². The van der Waals surface area contributed by atoms with Crippen LogP contribution >= 0.6 is 0 Å². The Hall–Kier alpha value is -2.50. The van der Waals surface area contributed by atoms with Gasteiger partial charge in [-0.1, -0.05) is 6.92 Å². The third-order valence-corrected chi connectivity index (χ3v) is 4.01. The van der Waals surface area contributed by atoms with Crippen molar-refractivity contribution in [2.75, 3.05) is 13.2 Å². The smallest absolute Gasteiger partial charge is 0.274 e. The molecule has 2 aromatic rings. The molecule has 0 radical (unpaired) electrons. The highest BCUT2D eigenvalue weighted by molar-refractivity contribution is 5.98. The van der Waals surface area contributed by atoms with Crippen LogP contribution in [-0.2, 0) is 0 Å². The number of hydrogen-bond donors (Lipinski definition) is 1. The van der Waals surface area contributed by atoms with Crippen LogP contribution in [0.1, 0.15) is 23.8 Å². The van der Waals surface area contributed by atoms with Gasteiger partial charge in [-0.25, -0.2) is 4.98 Å². The van der Waals surface area contributed by atoms with Crippen molar-refractivity contribution >= 4 is 5.91 Å². The third-order valence-electron chi connectivity index (χ3n) is 4.01. The fraction of sp³-hybridized carbons (Fsp3) is 0.375. The van der Waals surface area contributed by atoms with Gasteiger partial charge >= 0.3 is 0 Å². The summed E-state index contributed by atoms with van der Waals surface area (Å²) in [6.07, 6.45) is 2.31. The molecule has 22 heavy (non-hydrogen) atoms. The SMILES string of the molecule is C[C@H]1C[C@H]1NC(=O)c1ncoc1-c1ccc2c(c1)OCCO2. The Morgan fingerprint density at radius 1 is 1.27 bits per heavy atom. The number of amides is 1. The molecular formula is C16H16N2O4. The second kappa shape index (κ2) is 5.05. The molecule has 0 bridgehead atoms. The van der Waals surface area contributed by atoms with Gasteiger partial charge in [0.2, 0.25) is 0 Å². The lowest BCUT2D eigenvalue weighted by Crippen LogP contribution is -2.27. The number of rotatable bonds is 3. The molecule has 6 nitrogen and oxygen atoms in total. The Balaban J connectivity index is 1.63. The molecule has 1 N–H and O–H groups in total. The van der Waals surface area contributed by atoms with Crippen LogP contribution in [0.4, 0.5) is 0 Å². The maximum absolute atomic E-state index is 12.3. The minimum Gasteiger partial charge on any atom is -0.486 e. The van der Waals surface area contributed by atoms with Gasteiger partial charge in [0.05, 0.1) is 0 Å². The summed E-state index contributed by atoms with van der Waals surface area (Å²) in [7, 11) is 0. The van der Waals surface area contributed by atoms with E-state index in [0.29, 0.717) is 42.1 Å². The van der Waals surface area contributed by atoms with Gasteiger partial charge in [-0.15, -0.1) is 0 Å². The first-order valence-electron chi connectivity index (χ1n) is 7.37. The van der Waals surface area contributed by atoms with Gasteiger partial charge < -0.3 is 19.2 Å². The van der Waals surface area contributed by atoms with Crippen LogP contribution in [0.5, 0.6) is 11.5 Å². The zero-order valence-electron chi connectivity index (χ0n) is 12.2. The quantitative estimate of drug-likeness (QED) is 0.941. The second-order valence-corrected chi connectivity index (χ2v) is 5.68. The van der Waals surface area contributed by atoms with E-state index in [1.165, 1.54) is 6.39 Å². The van der Waals surface area contributed by atoms with E-state index < -0.39 is 0 Å². The van der Waals surface area contributed by atoms with Crippen LogP contribution in [0.25, 0.3) is 11.3 Å². The number of aromatic nitrogens is 1. The molecule has 114 valence electrons. The van der Waals surface area contributed by atoms with E-state index in [1.54, 1.807) is 0 Å². The first-order chi connectivity index (χ1) is 10.7. The number of ether oxygens (including phenoxy) is 2. The van der Waals surface area contributed by atoms with Crippen LogP contribution in [-0.4, -0.2) is 30.1 Å². The highest BCUT2D eigenvalue weighted by atomic mass is 16.6. The van der Waals surface area contributed by atoms with Crippen molar-refractivity contribution in [3.8, 4) is 22.8 Å². The summed E-state index contributed by atoms with van der Waals surface area (Å²) in [4.78, 5) is 16.4. The van der Waals surface area contributed by atoms with Crippen LogP contribution in [0.15, 0.2) is 29.0 Å². The molecule has 6 heteroatoms. The number of carbonyl (C=O) groups excluding carboxylic acids is 1. The molecule has 1 aromatic carbocycles. The molecular weight excluding hydrogens is 284 g/mol. The van der Waals surface area contributed by atoms with E-state index >= 15 is 0 Å². The normalized spacial score (nSPS) is 22.2. The number of benzene rings is 1. The minimum absolute atomic E-state index is 0.201. The highest BCUT2D eigenvalue weighted by Crippen LogP contribution is 2.36. The average Bonchev–Trinajstić information content (AvgIpc) is 3.04. The van der Waals surface area contributed by atoms with Crippen molar-refractivity contribution in [1.82, 2.24) is 10.3 Å². The van der Waals surface area contributed by atoms with Crippen molar-refractivity contribution in [2.45, 2.75) is 19.4 Å². The van der Waals surface area contributed by atoms with E-state index in [9.17, 15) is 4.79 Å². The molecule has 0 spiro atoms. The van der Waals surface area contributed by atoms with Crippen LogP contribution in [0.3, 0.4) is 0 Å². The highest BCUT2D eigenvalue weighted by Gasteiger charge is 2.35. The molecule has 2 aliphatic rings. The molecule has 1 aliphatic heterocycles. The van der Waals surface area contributed by atoms with Crippen molar-refractivity contribution in [1.29, 1.82) is 0 Å². The summed E-state index contributed by atoms with van der Waals surface area (Å²) in [5, 5.41) is 2.96. The van der Waals surface area contributed by atoms with Gasteiger partial charge in [0.15, 0.2) is 29.3 Å². The van der Waals surface area contributed by atoms with Crippen LogP contribution in [0.2, 0.25) is 0 Å². The van der Waals surface area contributed by atoms with Crippen molar-refractivity contribution < 1.29 is 18.7 Å². The number of fused-ring (bicyclic) bond motifs is 1. The largest absolute Gasteiger partial charge is 0.486 e. The van der Waals surface area contributed by atoms with Crippen LogP contribution in [0, 0.1) is 5.92 Å². The second-order valence-electron chi connectivity index (χ2n) is 5.68. The van der Waals surface area contributed by atoms with E-state index in [0.717, 1.165) is 12.0 Å². The zero-order chi connectivity index (χ0) is 15.1. The predicted molar refractivity (Wildman–Crippen MR) is 78.0 cm³/mol. The van der Waals surface area contributed by atoms with Gasteiger partial charge in [-0.05, 0) is 30.5 Å². The standard InChI is InChI=1S/C16H16N2O4/c1-9-6-11(9)18-16(19)14-15(22-8-17-14)10-2-3-12-13(7-10)21-5-4-20-12/h2-3,7-9,11H,4-6H2,1H3,(H,18,19)/t9-,11+/m0/s1. The predicted octanol–water partition coefficient (Wildman–Crippen LogP) is 2.25. The maximum Gasteiger partial charge on any atom is 0.274 e. The summed E-state index contributed by atoms with van der Waals surface area (Å²) in [5.41, 5.74) is 1.05. The van der Waals surface area contributed by atoms with Crippen LogP contribution < -0.4 is 14.8 Å². The first-order valence-corrected chi connectivity index (χ1v) is 7.37. The number of carbonyl (C=O) groups is 1. The summed E-state index contributed by atoms with van der Waals surface area (Å²) in [6, 6.07) is 5.71. The molecule has 1 fully saturated rings. The third kappa shape index (κ3) is 2.30. The number of nitrogens with one attached hydrogen (secondary N) is 1. The average molecular weight is 300 g/mol. The molecule has 1 aliphatic carbocycles. The topological polar surface area (TPSA) is 73.6 Å². The van der Waals surface area contributed by atoms with E-state index in [1.807, 2.05) is 18.2 Å². The number of nitrogens with zero attached hydrogens (tertiary/aromatic N) is 1. The number of oxazole rings is 1. The number of hydrogen-bond acceptors (Lipinski definition) is 5. The molecule has 0 saturated heterocycles. The fourth-order valence-electron chi connectivity index (χ4n) is 2.56. The Labute approximate surface area is 127 Å². The first kappa shape index (κ1) is 13.2. The van der Waals surface area contributed by atoms with E-state index in [4.69, 9.17) is 13.9 Å². The Morgan fingerprint density at radius 3 is 2.82 bits per heavy atom. The lowest BCUT2D eigenvalue weighted by atomic mass is 10.1. The molecule has 0 unspecified atom stereocenters. The fourth-order valence-corrected chi connectivity index (χ4v) is 2.56. The summed E-state index contributed by atoms with van der Waals surface area (Å²) < 4.78 is 16.5. The molecule has 2 heterocycles. The van der Waals surface area contributed by atoms with Crippen molar-refractivity contribution in [3.05, 3.63) is 30.3 Å². The summed E-state index contributed by atoms with van der Waals surface area (Å²) in [5.74, 6) is 2.14. The van der Waals surface area contributed by atoms with Crippen molar-refractivity contribution in [2.24, 2.45) is 5.92 Å². The lowest BCUT2D eigenvalue weighted by Gasteiger charge is -2.18. The van der Waals surface area contributed by atoms with E-state index in [-0.39, 0.29) is 11.9 Å². The van der Waals surface area contributed by atoms with E-state index in [2.05, 4.69) is 17.2 Å². The van der Waals surface area contributed by atoms with Gasteiger partial charge in [0, 0.05) is 11.6 Å². The molecule has 1 saturated carbocycles. The Kier molecular flexibility index (Phi) is 3.03. The minimum atomic E-state index is -0.201. The Morgan fingerprint density at radius 2 is 2.05 bits per heavy atom. The molecule has 4 rings (SSSR count). The lowest BCUT2D eigenvalue weighted by molar-refractivity contribution is 0.0945. The summed E-state index contributed by atoms with van der Waals surface area (Å²) in [6.45, 7) is 3.16. The molecule has 1 aromatic heterocycles. The van der Waals surface area contributed by atoms with Gasteiger partial charge in [0.25, 0.3) is 5.91 Å². The van der Waals surface area contributed by atoms with Gasteiger partial charge in [0.1, 0.15) is 13.2 Å². The summed E-state index contributed by atoms with van der Waals surface area (Å²) >= 11 is 0. The van der Waals surface area contributed by atoms with Gasteiger partial charge in [-0.2, -0.15) is 0 Å². The maximum atomic E-state index is 12.3.